The summed E-state index contributed by atoms with van der Waals surface area (Å²) in [5, 5.41) is 0. The molecule has 4 nitrogen and oxygen atoms in total. The standard InChI is InChI=1S/C23H29FN2O2/c1-3-5-6-7-8-9-15-25-16-14-20-21(17-25)22(20)26(4-2)23(27)28-19-12-10-18(24)11-13-19/h5-8,10-13,21H,3-4,9,14-17H2,1-2H3/b6-5-,8-7-. The second-order valence-electron chi connectivity index (χ2n) is 7.13. The Labute approximate surface area is 167 Å². The van der Waals surface area contributed by atoms with Crippen LogP contribution in [0.2, 0.25) is 0 Å². The molecule has 1 atom stereocenters. The number of allylic oxidation sites excluding steroid dienone is 3. The molecule has 1 aliphatic carbocycles. The number of benzene rings is 1. The van der Waals surface area contributed by atoms with E-state index in [2.05, 4.69) is 36.1 Å². The van der Waals surface area contributed by atoms with Gasteiger partial charge < -0.3 is 9.64 Å². The molecular weight excluding hydrogens is 355 g/mol. The quantitative estimate of drug-likeness (QED) is 0.581. The number of halogens is 1. The van der Waals surface area contributed by atoms with Crippen LogP contribution in [0, 0.1) is 11.7 Å². The molecule has 2 aliphatic rings. The molecule has 0 bridgehead atoms. The average molecular weight is 384 g/mol. The number of amides is 1. The fourth-order valence-electron chi connectivity index (χ4n) is 3.70. The fourth-order valence-corrected chi connectivity index (χ4v) is 3.70. The summed E-state index contributed by atoms with van der Waals surface area (Å²) in [7, 11) is 0. The van der Waals surface area contributed by atoms with Gasteiger partial charge in [0.05, 0.1) is 0 Å². The van der Waals surface area contributed by atoms with Crippen molar-refractivity contribution in [2.75, 3.05) is 26.2 Å². The highest BCUT2D eigenvalue weighted by Gasteiger charge is 2.45. The molecule has 0 aromatic heterocycles. The first-order chi connectivity index (χ1) is 13.6. The van der Waals surface area contributed by atoms with Crippen LogP contribution in [0.1, 0.15) is 33.1 Å². The van der Waals surface area contributed by atoms with Gasteiger partial charge in [0.25, 0.3) is 0 Å². The summed E-state index contributed by atoms with van der Waals surface area (Å²) in [5.74, 6) is 0.393. The molecule has 0 N–H and O–H groups in total. The Bertz CT molecular complexity index is 767. The van der Waals surface area contributed by atoms with E-state index < -0.39 is 0 Å². The lowest BCUT2D eigenvalue weighted by atomic mass is 10.1. The van der Waals surface area contributed by atoms with Gasteiger partial charge in [0.15, 0.2) is 0 Å². The number of nitrogens with zero attached hydrogens (tertiary/aromatic N) is 2. The lowest BCUT2D eigenvalue weighted by molar-refractivity contribution is 0.166. The van der Waals surface area contributed by atoms with Crippen molar-refractivity contribution in [1.82, 2.24) is 9.80 Å². The normalized spacial score (nSPS) is 19.3. The van der Waals surface area contributed by atoms with Crippen molar-refractivity contribution in [3.05, 3.63) is 65.7 Å². The van der Waals surface area contributed by atoms with Crippen LogP contribution in [-0.2, 0) is 0 Å². The highest BCUT2D eigenvalue weighted by Crippen LogP contribution is 2.47. The molecule has 1 saturated heterocycles. The predicted molar refractivity (Wildman–Crippen MR) is 110 cm³/mol. The summed E-state index contributed by atoms with van der Waals surface area (Å²) in [6.07, 6.45) is 11.3. The Kier molecular flexibility index (Phi) is 7.04. The smallest absolute Gasteiger partial charge is 0.410 e. The third-order valence-corrected chi connectivity index (χ3v) is 5.21. The minimum absolute atomic E-state index is 0.346. The molecule has 0 saturated carbocycles. The minimum atomic E-state index is -0.386. The van der Waals surface area contributed by atoms with Crippen LogP contribution < -0.4 is 4.74 Å². The number of hydrogen-bond acceptors (Lipinski definition) is 3. The molecule has 0 spiro atoms. The Morgan fingerprint density at radius 2 is 2.00 bits per heavy atom. The van der Waals surface area contributed by atoms with Gasteiger partial charge in [-0.2, -0.15) is 0 Å². The largest absolute Gasteiger partial charge is 0.419 e. The van der Waals surface area contributed by atoms with Gasteiger partial charge in [0.2, 0.25) is 0 Å². The van der Waals surface area contributed by atoms with E-state index in [1.807, 2.05) is 6.92 Å². The number of carbonyl (C=O) groups is 1. The first-order valence-electron chi connectivity index (χ1n) is 10.2. The number of likely N-dealkylation sites (tertiary alicyclic amines) is 1. The van der Waals surface area contributed by atoms with Gasteiger partial charge in [0.1, 0.15) is 11.6 Å². The van der Waals surface area contributed by atoms with Crippen LogP contribution in [-0.4, -0.2) is 42.1 Å². The number of carbonyl (C=O) groups excluding carboxylic acids is 1. The summed E-state index contributed by atoms with van der Waals surface area (Å²) in [6, 6.07) is 5.54. The van der Waals surface area contributed by atoms with Crippen LogP contribution in [0.4, 0.5) is 9.18 Å². The highest BCUT2D eigenvalue weighted by molar-refractivity contribution is 5.75. The molecule has 1 fully saturated rings. The van der Waals surface area contributed by atoms with E-state index in [9.17, 15) is 9.18 Å². The van der Waals surface area contributed by atoms with Gasteiger partial charge in [-0.15, -0.1) is 0 Å². The molecule has 1 aromatic carbocycles. The Morgan fingerprint density at radius 3 is 2.71 bits per heavy atom. The van der Waals surface area contributed by atoms with Crippen molar-refractivity contribution >= 4 is 6.09 Å². The van der Waals surface area contributed by atoms with Gasteiger partial charge in [-0.05, 0) is 56.0 Å². The third-order valence-electron chi connectivity index (χ3n) is 5.21. The van der Waals surface area contributed by atoms with Crippen LogP contribution in [0.3, 0.4) is 0 Å². The van der Waals surface area contributed by atoms with Gasteiger partial charge in [-0.1, -0.05) is 31.2 Å². The van der Waals surface area contributed by atoms with Crippen molar-refractivity contribution in [2.24, 2.45) is 5.92 Å². The molecule has 0 radical (unpaired) electrons. The second kappa shape index (κ2) is 9.69. The third kappa shape index (κ3) is 5.10. The molecule has 1 aliphatic heterocycles. The first-order valence-corrected chi connectivity index (χ1v) is 10.2. The van der Waals surface area contributed by atoms with E-state index in [0.29, 0.717) is 18.2 Å². The second-order valence-corrected chi connectivity index (χ2v) is 7.13. The van der Waals surface area contributed by atoms with E-state index in [4.69, 9.17) is 4.74 Å². The van der Waals surface area contributed by atoms with Crippen molar-refractivity contribution < 1.29 is 13.9 Å². The molecule has 5 heteroatoms. The lowest BCUT2D eigenvalue weighted by Crippen LogP contribution is -2.34. The minimum Gasteiger partial charge on any atom is -0.410 e. The van der Waals surface area contributed by atoms with E-state index in [1.54, 1.807) is 4.90 Å². The van der Waals surface area contributed by atoms with Gasteiger partial charge in [0, 0.05) is 37.8 Å². The molecule has 1 heterocycles. The molecule has 150 valence electrons. The van der Waals surface area contributed by atoms with E-state index in [1.165, 1.54) is 29.8 Å². The topological polar surface area (TPSA) is 32.8 Å². The molecular formula is C23H29FN2O2. The number of piperidine rings is 1. The maximum atomic E-state index is 13.0. The van der Waals surface area contributed by atoms with Crippen molar-refractivity contribution in [1.29, 1.82) is 0 Å². The number of rotatable bonds is 8. The summed E-state index contributed by atoms with van der Waals surface area (Å²) in [5.41, 5.74) is 2.51. The molecule has 1 amide bonds. The van der Waals surface area contributed by atoms with Crippen LogP contribution in [0.5, 0.6) is 5.75 Å². The number of ether oxygens (including phenoxy) is 1. The number of fused-ring (bicyclic) bond motifs is 1. The zero-order valence-electron chi connectivity index (χ0n) is 16.7. The van der Waals surface area contributed by atoms with Gasteiger partial charge in [-0.25, -0.2) is 9.18 Å². The zero-order chi connectivity index (χ0) is 19.9. The monoisotopic (exact) mass is 384 g/mol. The SMILES string of the molecule is CC/C=C\C=C/CCN1CCC2=C(N(CC)C(=O)Oc3ccc(F)cc3)C2C1. The fraction of sp³-hybridized carbons (Fsp3) is 0.435. The molecule has 3 rings (SSSR count). The zero-order valence-corrected chi connectivity index (χ0v) is 16.7. The maximum absolute atomic E-state index is 13.0. The Balaban J connectivity index is 1.50. The highest BCUT2D eigenvalue weighted by atomic mass is 19.1. The average Bonchev–Trinajstić information content (AvgIpc) is 3.40. The Hall–Kier alpha value is -2.40. The summed E-state index contributed by atoms with van der Waals surface area (Å²) in [6.45, 7) is 7.71. The van der Waals surface area contributed by atoms with Gasteiger partial charge >= 0.3 is 6.09 Å². The molecule has 1 unspecified atom stereocenters. The molecule has 28 heavy (non-hydrogen) atoms. The van der Waals surface area contributed by atoms with Crippen molar-refractivity contribution in [3.8, 4) is 5.75 Å². The summed E-state index contributed by atoms with van der Waals surface area (Å²) in [4.78, 5) is 16.8. The van der Waals surface area contributed by atoms with E-state index in [0.717, 1.165) is 44.6 Å². The molecule has 1 aromatic rings. The van der Waals surface area contributed by atoms with Gasteiger partial charge in [-0.3, -0.25) is 4.90 Å². The van der Waals surface area contributed by atoms with Crippen LogP contribution in [0.25, 0.3) is 0 Å². The van der Waals surface area contributed by atoms with Crippen molar-refractivity contribution in [3.63, 3.8) is 0 Å². The van der Waals surface area contributed by atoms with Crippen molar-refractivity contribution in [2.45, 2.75) is 33.1 Å². The summed E-state index contributed by atoms with van der Waals surface area (Å²) >= 11 is 0. The maximum Gasteiger partial charge on any atom is 0.419 e. The van der Waals surface area contributed by atoms with E-state index in [-0.39, 0.29) is 11.9 Å². The Morgan fingerprint density at radius 1 is 1.25 bits per heavy atom. The van der Waals surface area contributed by atoms with Crippen LogP contribution >= 0.6 is 0 Å². The predicted octanol–water partition coefficient (Wildman–Crippen LogP) is 5.15. The summed E-state index contributed by atoms with van der Waals surface area (Å²) < 4.78 is 18.4. The number of hydrogen-bond donors (Lipinski definition) is 0. The van der Waals surface area contributed by atoms with E-state index >= 15 is 0 Å². The lowest BCUT2D eigenvalue weighted by Gasteiger charge is -2.26. The first kappa shape index (κ1) is 20.3. The van der Waals surface area contributed by atoms with Crippen LogP contribution in [0.15, 0.2) is 59.8 Å².